The number of carbonyl (C=O) groups excluding carboxylic acids is 1. The molecular formula is C11H10N2O4S. The zero-order chi connectivity index (χ0) is 13.0. The van der Waals surface area contributed by atoms with Gasteiger partial charge in [0.05, 0.1) is 10.6 Å². The van der Waals surface area contributed by atoms with Gasteiger partial charge in [0.15, 0.2) is 9.84 Å². The molecule has 1 unspecified atom stereocenters. The Balaban J connectivity index is 2.26. The fourth-order valence-electron chi connectivity index (χ4n) is 2.36. The summed E-state index contributed by atoms with van der Waals surface area (Å²) >= 11 is 0. The number of fused-ring (bicyclic) bond motifs is 2. The summed E-state index contributed by atoms with van der Waals surface area (Å²) in [7, 11) is -3.37. The lowest BCUT2D eigenvalue weighted by molar-refractivity contribution is -0.132. The minimum atomic E-state index is -3.37. The maximum atomic E-state index is 12.0. The highest BCUT2D eigenvalue weighted by atomic mass is 32.2. The van der Waals surface area contributed by atoms with E-state index in [-0.39, 0.29) is 23.1 Å². The van der Waals surface area contributed by atoms with Gasteiger partial charge < -0.3 is 10.5 Å². The Morgan fingerprint density at radius 2 is 2.06 bits per heavy atom. The molecule has 7 heteroatoms. The molecule has 94 valence electrons. The number of hydrogen-bond acceptors (Lipinski definition) is 5. The van der Waals surface area contributed by atoms with Crippen LogP contribution in [0.15, 0.2) is 34.2 Å². The lowest BCUT2D eigenvalue weighted by Crippen LogP contribution is -2.42. The minimum absolute atomic E-state index is 0.0371. The number of hydrogen-bond donors (Lipinski definition) is 1. The molecule has 2 heterocycles. The molecule has 1 aromatic carbocycles. The van der Waals surface area contributed by atoms with E-state index in [9.17, 15) is 13.2 Å². The predicted octanol–water partition coefficient (Wildman–Crippen LogP) is -0.0692. The maximum Gasteiger partial charge on any atom is 0.299 e. The van der Waals surface area contributed by atoms with E-state index in [2.05, 4.69) is 4.99 Å². The number of carbonyl (C=O) groups is 1. The summed E-state index contributed by atoms with van der Waals surface area (Å²) in [6.07, 6.45) is 0.0371. The SMILES string of the molecule is NC1=NC(=O)C2(CCS(=O)(=O)c3ccccc32)O1. The van der Waals surface area contributed by atoms with Gasteiger partial charge in [-0.2, -0.15) is 4.99 Å². The van der Waals surface area contributed by atoms with Gasteiger partial charge in [0, 0.05) is 12.0 Å². The Morgan fingerprint density at radius 1 is 1.33 bits per heavy atom. The Kier molecular flexibility index (Phi) is 2.07. The zero-order valence-corrected chi connectivity index (χ0v) is 10.1. The minimum Gasteiger partial charge on any atom is -0.443 e. The Labute approximate surface area is 103 Å². The van der Waals surface area contributed by atoms with Crippen molar-refractivity contribution in [1.29, 1.82) is 0 Å². The summed E-state index contributed by atoms with van der Waals surface area (Å²) in [4.78, 5) is 15.6. The smallest absolute Gasteiger partial charge is 0.299 e. The van der Waals surface area contributed by atoms with E-state index in [1.165, 1.54) is 6.07 Å². The predicted molar refractivity (Wildman–Crippen MR) is 62.5 cm³/mol. The first-order valence-corrected chi connectivity index (χ1v) is 7.01. The molecule has 0 saturated heterocycles. The lowest BCUT2D eigenvalue weighted by atomic mass is 9.90. The number of aliphatic imine (C=N–C) groups is 1. The van der Waals surface area contributed by atoms with E-state index in [0.29, 0.717) is 5.56 Å². The van der Waals surface area contributed by atoms with Gasteiger partial charge in [-0.3, -0.25) is 4.79 Å². The van der Waals surface area contributed by atoms with Crippen LogP contribution in [0.2, 0.25) is 0 Å². The molecule has 1 atom stereocenters. The molecule has 1 aromatic rings. The van der Waals surface area contributed by atoms with E-state index >= 15 is 0 Å². The average molecular weight is 266 g/mol. The third-order valence-corrected chi connectivity index (χ3v) is 4.98. The topological polar surface area (TPSA) is 98.8 Å². The van der Waals surface area contributed by atoms with E-state index in [0.717, 1.165) is 0 Å². The van der Waals surface area contributed by atoms with Gasteiger partial charge in [0.2, 0.25) is 5.60 Å². The van der Waals surface area contributed by atoms with Crippen LogP contribution >= 0.6 is 0 Å². The molecule has 2 aliphatic rings. The van der Waals surface area contributed by atoms with Crippen LogP contribution in [-0.4, -0.2) is 26.1 Å². The fourth-order valence-corrected chi connectivity index (χ4v) is 3.99. The van der Waals surface area contributed by atoms with Crippen molar-refractivity contribution < 1.29 is 17.9 Å². The monoisotopic (exact) mass is 266 g/mol. The van der Waals surface area contributed by atoms with Crippen LogP contribution in [0.5, 0.6) is 0 Å². The summed E-state index contributed by atoms with van der Waals surface area (Å²) in [5, 5.41) is 0. The highest BCUT2D eigenvalue weighted by molar-refractivity contribution is 7.91. The molecule has 3 rings (SSSR count). The molecule has 2 N–H and O–H groups in total. The van der Waals surface area contributed by atoms with Crippen LogP contribution in [0.1, 0.15) is 12.0 Å². The van der Waals surface area contributed by atoms with Crippen molar-refractivity contribution in [2.45, 2.75) is 16.9 Å². The molecule has 0 bridgehead atoms. The van der Waals surface area contributed by atoms with Crippen molar-refractivity contribution in [1.82, 2.24) is 0 Å². The second kappa shape index (κ2) is 3.32. The number of benzene rings is 1. The van der Waals surface area contributed by atoms with Crippen molar-refractivity contribution in [3.8, 4) is 0 Å². The molecule has 1 amide bonds. The third kappa shape index (κ3) is 1.30. The number of amidine groups is 1. The van der Waals surface area contributed by atoms with Crippen LogP contribution in [0, 0.1) is 0 Å². The van der Waals surface area contributed by atoms with Crippen LogP contribution < -0.4 is 5.73 Å². The summed E-state index contributed by atoms with van der Waals surface area (Å²) in [5.74, 6) is -0.694. The van der Waals surface area contributed by atoms with E-state index in [1.54, 1.807) is 18.2 Å². The summed E-state index contributed by atoms with van der Waals surface area (Å²) < 4.78 is 29.3. The molecule has 6 nitrogen and oxygen atoms in total. The second-order valence-electron chi connectivity index (χ2n) is 4.25. The van der Waals surface area contributed by atoms with Crippen molar-refractivity contribution in [2.24, 2.45) is 10.7 Å². The molecule has 1 spiro atoms. The summed E-state index contributed by atoms with van der Waals surface area (Å²) in [6.45, 7) is 0. The van der Waals surface area contributed by atoms with Crippen molar-refractivity contribution in [3.05, 3.63) is 29.8 Å². The largest absolute Gasteiger partial charge is 0.443 e. The van der Waals surface area contributed by atoms with Crippen molar-refractivity contribution in [2.75, 3.05) is 5.75 Å². The first-order chi connectivity index (χ1) is 8.46. The molecule has 0 aliphatic carbocycles. The average Bonchev–Trinajstić information content (AvgIpc) is 2.61. The second-order valence-corrected chi connectivity index (χ2v) is 6.33. The van der Waals surface area contributed by atoms with Crippen molar-refractivity contribution >= 4 is 21.8 Å². The number of ether oxygens (including phenoxy) is 1. The number of nitrogens with two attached hydrogens (primary N) is 1. The van der Waals surface area contributed by atoms with Gasteiger partial charge in [0.25, 0.3) is 11.9 Å². The molecular weight excluding hydrogens is 256 g/mol. The first-order valence-electron chi connectivity index (χ1n) is 5.36. The van der Waals surface area contributed by atoms with Crippen LogP contribution in [-0.2, 0) is 25.0 Å². The fraction of sp³-hybridized carbons (Fsp3) is 0.273. The first kappa shape index (κ1) is 11.2. The van der Waals surface area contributed by atoms with Gasteiger partial charge in [-0.25, -0.2) is 8.42 Å². The van der Waals surface area contributed by atoms with Gasteiger partial charge in [-0.05, 0) is 6.07 Å². The van der Waals surface area contributed by atoms with E-state index < -0.39 is 21.3 Å². The standard InChI is InChI=1S/C11H10N2O4S/c12-10-13-9(14)11(17-10)5-6-18(15,16)8-4-2-1-3-7(8)11/h1-4H,5-6H2,(H2,12,13,14). The lowest BCUT2D eigenvalue weighted by Gasteiger charge is -2.31. The van der Waals surface area contributed by atoms with Crippen LogP contribution in [0.3, 0.4) is 0 Å². The normalized spacial score (nSPS) is 28.7. The van der Waals surface area contributed by atoms with Gasteiger partial charge >= 0.3 is 0 Å². The third-order valence-electron chi connectivity index (χ3n) is 3.22. The molecule has 2 aliphatic heterocycles. The molecule has 0 aromatic heterocycles. The Hall–Kier alpha value is -1.89. The van der Waals surface area contributed by atoms with Crippen LogP contribution in [0.4, 0.5) is 0 Å². The maximum absolute atomic E-state index is 12.0. The van der Waals surface area contributed by atoms with E-state index in [1.807, 2.05) is 0 Å². The highest BCUT2D eigenvalue weighted by Gasteiger charge is 2.53. The van der Waals surface area contributed by atoms with Gasteiger partial charge in [-0.1, -0.05) is 18.2 Å². The summed E-state index contributed by atoms with van der Waals surface area (Å²) in [6, 6.07) is 6.09. The van der Waals surface area contributed by atoms with Crippen LogP contribution in [0.25, 0.3) is 0 Å². The zero-order valence-electron chi connectivity index (χ0n) is 9.29. The number of nitrogens with zero attached hydrogens (tertiary/aromatic N) is 1. The van der Waals surface area contributed by atoms with Crippen molar-refractivity contribution in [3.63, 3.8) is 0 Å². The number of sulfone groups is 1. The highest BCUT2D eigenvalue weighted by Crippen LogP contribution is 2.42. The van der Waals surface area contributed by atoms with E-state index in [4.69, 9.17) is 10.5 Å². The quantitative estimate of drug-likeness (QED) is 0.708. The van der Waals surface area contributed by atoms with Gasteiger partial charge in [-0.15, -0.1) is 0 Å². The molecule has 0 saturated carbocycles. The molecule has 18 heavy (non-hydrogen) atoms. The Bertz CT molecular complexity index is 680. The number of rotatable bonds is 0. The summed E-state index contributed by atoms with van der Waals surface area (Å²) in [5.41, 5.74) is 4.38. The number of amides is 1. The molecule has 0 fully saturated rings. The van der Waals surface area contributed by atoms with Gasteiger partial charge in [0.1, 0.15) is 0 Å². The molecule has 0 radical (unpaired) electrons. The Morgan fingerprint density at radius 3 is 2.72 bits per heavy atom.